The van der Waals surface area contributed by atoms with Gasteiger partial charge in [0.15, 0.2) is 0 Å². The van der Waals surface area contributed by atoms with Crippen molar-refractivity contribution in [2.24, 2.45) is 7.05 Å². The van der Waals surface area contributed by atoms with Gasteiger partial charge in [-0.05, 0) is 36.6 Å². The van der Waals surface area contributed by atoms with E-state index in [4.69, 9.17) is 0 Å². The number of nitrogens with zero attached hydrogens (tertiary/aromatic N) is 5. The lowest BCUT2D eigenvalue weighted by atomic mass is 10.1. The number of anilines is 1. The van der Waals surface area contributed by atoms with Crippen molar-refractivity contribution < 1.29 is 4.79 Å². The Morgan fingerprint density at radius 1 is 1.19 bits per heavy atom. The number of amides is 2. The van der Waals surface area contributed by atoms with Crippen LogP contribution in [0.25, 0.3) is 5.69 Å². The molecule has 1 aromatic carbocycles. The fourth-order valence-electron chi connectivity index (χ4n) is 2.91. The Kier molecular flexibility index (Phi) is 5.31. The van der Waals surface area contributed by atoms with Crippen LogP contribution in [-0.4, -0.2) is 30.6 Å². The Morgan fingerprint density at radius 2 is 1.96 bits per heavy atom. The van der Waals surface area contributed by atoms with Gasteiger partial charge in [0.05, 0.1) is 17.4 Å². The van der Waals surface area contributed by atoms with E-state index in [0.29, 0.717) is 0 Å². The monoisotopic (exact) mass is 353 g/mol. The van der Waals surface area contributed by atoms with E-state index in [1.165, 1.54) is 0 Å². The van der Waals surface area contributed by atoms with Crippen molar-refractivity contribution >= 4 is 11.7 Å². The van der Waals surface area contributed by atoms with Crippen molar-refractivity contribution in [3.63, 3.8) is 0 Å². The van der Waals surface area contributed by atoms with Gasteiger partial charge < -0.3 is 10.6 Å². The van der Waals surface area contributed by atoms with Crippen molar-refractivity contribution in [1.82, 2.24) is 29.9 Å². The van der Waals surface area contributed by atoms with Crippen LogP contribution in [0.1, 0.15) is 37.6 Å². The van der Waals surface area contributed by atoms with E-state index in [0.717, 1.165) is 35.5 Å². The molecule has 0 aliphatic carbocycles. The summed E-state index contributed by atoms with van der Waals surface area (Å²) in [5.74, 6) is 0. The number of aryl methyl sites for hydroxylation is 2. The highest BCUT2D eigenvalue weighted by Gasteiger charge is 2.16. The fourth-order valence-corrected chi connectivity index (χ4v) is 2.91. The number of benzene rings is 1. The van der Waals surface area contributed by atoms with Gasteiger partial charge in [-0.25, -0.2) is 4.79 Å². The fraction of sp³-hybridized carbons (Fsp3) is 0.333. The highest BCUT2D eigenvalue weighted by molar-refractivity contribution is 5.90. The van der Waals surface area contributed by atoms with E-state index >= 15 is 0 Å². The summed E-state index contributed by atoms with van der Waals surface area (Å²) in [6.07, 6.45) is 6.57. The van der Waals surface area contributed by atoms with Crippen molar-refractivity contribution in [2.75, 3.05) is 5.32 Å². The van der Waals surface area contributed by atoms with E-state index in [-0.39, 0.29) is 12.1 Å². The second kappa shape index (κ2) is 7.81. The molecule has 2 aromatic heterocycles. The number of urea groups is 1. The predicted molar refractivity (Wildman–Crippen MR) is 99.1 cm³/mol. The van der Waals surface area contributed by atoms with Crippen molar-refractivity contribution in [1.29, 1.82) is 0 Å². The van der Waals surface area contributed by atoms with E-state index in [1.807, 2.05) is 38.2 Å². The third-order valence-corrected chi connectivity index (χ3v) is 4.37. The second-order valence-corrected chi connectivity index (χ2v) is 6.00. The van der Waals surface area contributed by atoms with Crippen LogP contribution in [0.3, 0.4) is 0 Å². The van der Waals surface area contributed by atoms with Crippen LogP contribution >= 0.6 is 0 Å². The molecule has 0 saturated heterocycles. The van der Waals surface area contributed by atoms with Crippen molar-refractivity contribution in [3.05, 3.63) is 54.4 Å². The molecule has 3 rings (SSSR count). The molecule has 0 fully saturated rings. The lowest BCUT2D eigenvalue weighted by molar-refractivity contribution is 0.247. The number of carbonyl (C=O) groups excluding carboxylic acids is 1. The molecule has 2 N–H and O–H groups in total. The average molecular weight is 353 g/mol. The maximum atomic E-state index is 12.6. The molecule has 0 spiro atoms. The average Bonchev–Trinajstić information content (AvgIpc) is 3.31. The number of aromatic nitrogens is 5. The van der Waals surface area contributed by atoms with E-state index in [1.54, 1.807) is 28.1 Å². The van der Waals surface area contributed by atoms with Gasteiger partial charge in [-0.1, -0.05) is 19.9 Å². The maximum Gasteiger partial charge on any atom is 0.319 e. The molecule has 0 saturated carbocycles. The van der Waals surface area contributed by atoms with Crippen LogP contribution in [0.2, 0.25) is 0 Å². The molecular formula is C18H23N7O. The lowest BCUT2D eigenvalue weighted by Crippen LogP contribution is -2.33. The third-order valence-electron chi connectivity index (χ3n) is 4.37. The minimum atomic E-state index is -0.242. The number of hydrogen-bond donors (Lipinski definition) is 2. The van der Waals surface area contributed by atoms with Gasteiger partial charge in [-0.2, -0.15) is 5.10 Å². The van der Waals surface area contributed by atoms with Crippen molar-refractivity contribution in [2.45, 2.75) is 32.7 Å². The first-order chi connectivity index (χ1) is 12.6. The number of nitrogens with one attached hydrogen (secondary N) is 2. The Balaban J connectivity index is 1.77. The zero-order valence-corrected chi connectivity index (χ0v) is 15.2. The second-order valence-electron chi connectivity index (χ2n) is 6.00. The highest BCUT2D eigenvalue weighted by Crippen LogP contribution is 2.22. The van der Waals surface area contributed by atoms with Crippen molar-refractivity contribution in [3.8, 4) is 5.69 Å². The minimum Gasteiger partial charge on any atom is -0.330 e. The van der Waals surface area contributed by atoms with Crippen LogP contribution in [0.5, 0.6) is 0 Å². The van der Waals surface area contributed by atoms with E-state index in [9.17, 15) is 4.79 Å². The number of carbonyl (C=O) groups is 1. The van der Waals surface area contributed by atoms with E-state index < -0.39 is 0 Å². The molecular weight excluding hydrogens is 330 g/mol. The third kappa shape index (κ3) is 3.74. The summed E-state index contributed by atoms with van der Waals surface area (Å²) in [5, 5.41) is 17.8. The normalized spacial score (nSPS) is 12.0. The van der Waals surface area contributed by atoms with Gasteiger partial charge in [0.25, 0.3) is 0 Å². The highest BCUT2D eigenvalue weighted by atomic mass is 16.2. The summed E-state index contributed by atoms with van der Waals surface area (Å²) in [4.78, 5) is 12.6. The molecule has 2 heterocycles. The molecule has 3 aromatic rings. The zero-order chi connectivity index (χ0) is 18.5. The zero-order valence-electron chi connectivity index (χ0n) is 15.2. The van der Waals surface area contributed by atoms with Gasteiger partial charge in [-0.15, -0.1) is 10.2 Å². The van der Waals surface area contributed by atoms with Crippen LogP contribution in [0, 0.1) is 0 Å². The largest absolute Gasteiger partial charge is 0.330 e. The summed E-state index contributed by atoms with van der Waals surface area (Å²) in [6.45, 7) is 4.09. The molecule has 8 heteroatoms. The van der Waals surface area contributed by atoms with E-state index in [2.05, 4.69) is 32.9 Å². The minimum absolute atomic E-state index is 0.103. The lowest BCUT2D eigenvalue weighted by Gasteiger charge is -2.19. The standard InChI is InChI=1S/C18H23N7O/c1-4-13-6-7-14(25-11-19-20-12-25)10-16(13)23-18(26)22-15(5-2)17-8-9-21-24(17)3/h6-12,15H,4-5H2,1-3H3,(H2,22,23,26). The van der Waals surface area contributed by atoms with Crippen LogP contribution in [-0.2, 0) is 13.5 Å². The molecule has 0 aliphatic heterocycles. The summed E-state index contributed by atoms with van der Waals surface area (Å²) in [7, 11) is 1.87. The first kappa shape index (κ1) is 17.7. The van der Waals surface area contributed by atoms with Gasteiger partial charge in [0.1, 0.15) is 12.7 Å². The maximum absolute atomic E-state index is 12.6. The molecule has 0 aliphatic rings. The Bertz CT molecular complexity index is 870. The summed E-state index contributed by atoms with van der Waals surface area (Å²) in [5.41, 5.74) is 3.69. The smallest absolute Gasteiger partial charge is 0.319 e. The summed E-state index contributed by atoms with van der Waals surface area (Å²) < 4.78 is 3.57. The Morgan fingerprint density at radius 3 is 2.58 bits per heavy atom. The van der Waals surface area contributed by atoms with Crippen LogP contribution in [0.15, 0.2) is 43.1 Å². The first-order valence-electron chi connectivity index (χ1n) is 8.65. The predicted octanol–water partition coefficient (Wildman–Crippen LogP) is 2.84. The first-order valence-corrected chi connectivity index (χ1v) is 8.65. The molecule has 8 nitrogen and oxygen atoms in total. The van der Waals surface area contributed by atoms with Gasteiger partial charge >= 0.3 is 6.03 Å². The number of rotatable bonds is 6. The molecule has 0 bridgehead atoms. The topological polar surface area (TPSA) is 89.7 Å². The van der Waals surface area contributed by atoms with Gasteiger partial charge in [0, 0.05) is 18.9 Å². The Hall–Kier alpha value is -3.16. The molecule has 1 atom stereocenters. The van der Waals surface area contributed by atoms with Crippen LogP contribution < -0.4 is 10.6 Å². The summed E-state index contributed by atoms with van der Waals surface area (Å²) >= 11 is 0. The molecule has 0 radical (unpaired) electrons. The van der Waals surface area contributed by atoms with Crippen LogP contribution in [0.4, 0.5) is 10.5 Å². The van der Waals surface area contributed by atoms with Gasteiger partial charge in [0.2, 0.25) is 0 Å². The molecule has 2 amide bonds. The SMILES string of the molecule is CCc1ccc(-n2cnnc2)cc1NC(=O)NC(CC)c1ccnn1C. The molecule has 1 unspecified atom stereocenters. The molecule has 26 heavy (non-hydrogen) atoms. The quantitative estimate of drug-likeness (QED) is 0.713. The molecule has 136 valence electrons. The van der Waals surface area contributed by atoms with Gasteiger partial charge in [-0.3, -0.25) is 9.25 Å². The Labute approximate surface area is 152 Å². The summed E-state index contributed by atoms with van der Waals surface area (Å²) in [6, 6.07) is 7.48. The number of hydrogen-bond acceptors (Lipinski definition) is 4.